The second-order valence-corrected chi connectivity index (χ2v) is 9.29. The minimum Gasteiger partial charge on any atom is -0.344 e. The van der Waals surface area contributed by atoms with Crippen LogP contribution in [0.15, 0.2) is 54.9 Å². The van der Waals surface area contributed by atoms with Crippen LogP contribution in [0.3, 0.4) is 0 Å². The van der Waals surface area contributed by atoms with Gasteiger partial charge in [-0.1, -0.05) is 58.0 Å². The number of carbonyl (C=O) groups excluding carboxylic acids is 4. The summed E-state index contributed by atoms with van der Waals surface area (Å²) in [7, 11) is 0. The topological polar surface area (TPSA) is 109 Å². The predicted molar refractivity (Wildman–Crippen MR) is 131 cm³/mol. The number of rotatable bonds is 11. The van der Waals surface area contributed by atoms with E-state index in [-0.39, 0.29) is 23.7 Å². The van der Waals surface area contributed by atoms with Crippen molar-refractivity contribution in [2.24, 2.45) is 11.8 Å². The number of hydrogen-bond donors (Lipinski definition) is 3. The molecule has 0 bridgehead atoms. The van der Waals surface area contributed by atoms with E-state index in [4.69, 9.17) is 0 Å². The van der Waals surface area contributed by atoms with Crippen molar-refractivity contribution in [2.45, 2.75) is 65.6 Å². The third kappa shape index (κ3) is 8.17. The Labute approximate surface area is 201 Å². The number of hydrogen-bond acceptors (Lipinski definition) is 4. The Balaban J connectivity index is 2.18. The molecule has 0 aliphatic carbocycles. The summed E-state index contributed by atoms with van der Waals surface area (Å²) in [5.41, 5.74) is 0.887. The number of carbonyl (C=O) groups is 4. The third-order valence-electron chi connectivity index (χ3n) is 5.41. The highest BCUT2D eigenvalue weighted by Gasteiger charge is 2.31. The van der Waals surface area contributed by atoms with Crippen molar-refractivity contribution >= 4 is 23.6 Å². The Morgan fingerprint density at radius 2 is 1.38 bits per heavy atom. The van der Waals surface area contributed by atoms with Gasteiger partial charge in [-0.3, -0.25) is 23.7 Å². The smallest absolute Gasteiger partial charge is 0.253 e. The zero-order valence-electron chi connectivity index (χ0n) is 20.6. The molecule has 34 heavy (non-hydrogen) atoms. The summed E-state index contributed by atoms with van der Waals surface area (Å²) in [5, 5.41) is 8.32. The van der Waals surface area contributed by atoms with Crippen LogP contribution in [0, 0.1) is 11.8 Å². The lowest BCUT2D eigenvalue weighted by atomic mass is 9.99. The Kier molecular flexibility index (Phi) is 10.0. The van der Waals surface area contributed by atoms with E-state index < -0.39 is 29.9 Å². The molecule has 184 valence electrons. The maximum atomic E-state index is 13.2. The molecule has 0 unspecified atom stereocenters. The van der Waals surface area contributed by atoms with Gasteiger partial charge in [-0.05, 0) is 36.0 Å². The molecular formula is C26H36N4O4. The lowest BCUT2D eigenvalue weighted by Crippen LogP contribution is -2.57. The van der Waals surface area contributed by atoms with E-state index in [1.807, 2.05) is 58.0 Å². The molecule has 1 heterocycles. The zero-order chi connectivity index (χ0) is 25.3. The Morgan fingerprint density at radius 3 is 1.91 bits per heavy atom. The number of amides is 3. The molecule has 1 aromatic carbocycles. The van der Waals surface area contributed by atoms with Crippen molar-refractivity contribution in [3.8, 4) is 0 Å². The van der Waals surface area contributed by atoms with Gasteiger partial charge < -0.3 is 16.0 Å². The van der Waals surface area contributed by atoms with Crippen molar-refractivity contribution in [1.29, 1.82) is 0 Å². The minimum absolute atomic E-state index is 0.113. The van der Waals surface area contributed by atoms with Crippen molar-refractivity contribution in [3.63, 3.8) is 0 Å². The second kappa shape index (κ2) is 12.7. The Morgan fingerprint density at radius 1 is 0.794 bits per heavy atom. The summed E-state index contributed by atoms with van der Waals surface area (Å²) < 4.78 is 1.44. The van der Waals surface area contributed by atoms with Crippen LogP contribution in [0.25, 0.3) is 0 Å². The monoisotopic (exact) mass is 468 g/mol. The van der Waals surface area contributed by atoms with E-state index in [1.165, 1.54) is 11.5 Å². The van der Waals surface area contributed by atoms with E-state index in [9.17, 15) is 19.2 Å². The molecule has 0 aliphatic rings. The first-order valence-electron chi connectivity index (χ1n) is 11.7. The van der Waals surface area contributed by atoms with Gasteiger partial charge in [0.05, 0.1) is 0 Å². The fraction of sp³-hybridized carbons (Fsp3) is 0.462. The highest BCUT2D eigenvalue weighted by molar-refractivity contribution is 5.94. The maximum Gasteiger partial charge on any atom is 0.253 e. The standard InChI is InChI=1S/C26H36N4O4/c1-17(2)15-21(25(33)29-23(18(3)4)26(34)30-13-9-10-14-30)28-24(32)22(27-19(5)31)16-20-11-7-6-8-12-20/h6-14,17-18,21-23H,15-16H2,1-5H3,(H,27,31)(H,28,32)(H,29,33)/t21-,22-,23-/m0/s1. The normalized spacial score (nSPS) is 13.7. The molecule has 0 radical (unpaired) electrons. The lowest BCUT2D eigenvalue weighted by molar-refractivity contribution is -0.132. The van der Waals surface area contributed by atoms with E-state index in [1.54, 1.807) is 24.5 Å². The number of benzene rings is 1. The molecule has 2 rings (SSSR count). The first-order chi connectivity index (χ1) is 16.1. The molecule has 3 N–H and O–H groups in total. The van der Waals surface area contributed by atoms with Crippen molar-refractivity contribution < 1.29 is 19.2 Å². The van der Waals surface area contributed by atoms with Crippen LogP contribution >= 0.6 is 0 Å². The molecule has 0 saturated carbocycles. The van der Waals surface area contributed by atoms with Gasteiger partial charge >= 0.3 is 0 Å². The summed E-state index contributed by atoms with van der Waals surface area (Å²) in [4.78, 5) is 51.0. The van der Waals surface area contributed by atoms with Crippen LogP contribution in [0.2, 0.25) is 0 Å². The van der Waals surface area contributed by atoms with E-state index in [0.717, 1.165) is 5.56 Å². The first kappa shape index (κ1) is 26.8. The Hall–Kier alpha value is -3.42. The van der Waals surface area contributed by atoms with Gasteiger partial charge in [0.15, 0.2) is 0 Å². The molecule has 8 heteroatoms. The van der Waals surface area contributed by atoms with Crippen LogP contribution in [-0.4, -0.2) is 46.3 Å². The molecule has 3 atom stereocenters. The van der Waals surface area contributed by atoms with Gasteiger partial charge in [0.2, 0.25) is 17.7 Å². The molecule has 1 aromatic heterocycles. The largest absolute Gasteiger partial charge is 0.344 e. The minimum atomic E-state index is -0.849. The maximum absolute atomic E-state index is 13.2. The average molecular weight is 469 g/mol. The molecule has 0 spiro atoms. The van der Waals surface area contributed by atoms with Crippen LogP contribution in [-0.2, 0) is 20.8 Å². The molecule has 0 saturated heterocycles. The summed E-state index contributed by atoms with van der Waals surface area (Å²) in [6.07, 6.45) is 3.96. The predicted octanol–water partition coefficient (Wildman–Crippen LogP) is 2.55. The molecule has 8 nitrogen and oxygen atoms in total. The van der Waals surface area contributed by atoms with Gasteiger partial charge in [-0.25, -0.2) is 0 Å². The summed E-state index contributed by atoms with van der Waals surface area (Å²) in [6.45, 7) is 8.97. The van der Waals surface area contributed by atoms with Crippen LogP contribution in [0.5, 0.6) is 0 Å². The fourth-order valence-electron chi connectivity index (χ4n) is 3.69. The van der Waals surface area contributed by atoms with Crippen molar-refractivity contribution in [2.75, 3.05) is 0 Å². The van der Waals surface area contributed by atoms with Gasteiger partial charge in [0, 0.05) is 25.7 Å². The lowest BCUT2D eigenvalue weighted by Gasteiger charge is -2.27. The SMILES string of the molecule is CC(=O)N[C@@H](Cc1ccccc1)C(=O)N[C@@H](CC(C)C)C(=O)N[C@H](C(=O)n1cccc1)C(C)C. The zero-order valence-corrected chi connectivity index (χ0v) is 20.6. The summed E-state index contributed by atoms with van der Waals surface area (Å²) in [5.74, 6) is -1.50. The van der Waals surface area contributed by atoms with E-state index >= 15 is 0 Å². The van der Waals surface area contributed by atoms with Gasteiger partial charge in [-0.15, -0.1) is 0 Å². The summed E-state index contributed by atoms with van der Waals surface area (Å²) in [6, 6.07) is 10.4. The molecular weight excluding hydrogens is 432 g/mol. The number of aromatic nitrogens is 1. The van der Waals surface area contributed by atoms with Gasteiger partial charge in [0.25, 0.3) is 5.91 Å². The average Bonchev–Trinajstić information content (AvgIpc) is 3.30. The van der Waals surface area contributed by atoms with E-state index in [0.29, 0.717) is 12.8 Å². The van der Waals surface area contributed by atoms with E-state index in [2.05, 4.69) is 16.0 Å². The highest BCUT2D eigenvalue weighted by atomic mass is 16.2. The van der Waals surface area contributed by atoms with Crippen LogP contribution < -0.4 is 16.0 Å². The highest BCUT2D eigenvalue weighted by Crippen LogP contribution is 2.11. The van der Waals surface area contributed by atoms with Gasteiger partial charge in [-0.2, -0.15) is 0 Å². The fourth-order valence-corrected chi connectivity index (χ4v) is 3.69. The Bertz CT molecular complexity index is 954. The molecule has 2 aromatic rings. The van der Waals surface area contributed by atoms with Gasteiger partial charge in [0.1, 0.15) is 18.1 Å². The quantitative estimate of drug-likeness (QED) is 0.471. The van der Waals surface area contributed by atoms with Crippen molar-refractivity contribution in [1.82, 2.24) is 20.5 Å². The molecule has 0 aliphatic heterocycles. The van der Waals surface area contributed by atoms with Crippen LogP contribution in [0.4, 0.5) is 0 Å². The number of nitrogens with zero attached hydrogens (tertiary/aromatic N) is 1. The molecule has 0 fully saturated rings. The second-order valence-electron chi connectivity index (χ2n) is 9.29. The number of nitrogens with one attached hydrogen (secondary N) is 3. The first-order valence-corrected chi connectivity index (χ1v) is 11.7. The molecule has 3 amide bonds. The van der Waals surface area contributed by atoms with Crippen LogP contribution in [0.1, 0.15) is 51.4 Å². The summed E-state index contributed by atoms with van der Waals surface area (Å²) >= 11 is 0. The van der Waals surface area contributed by atoms with Crippen molar-refractivity contribution in [3.05, 3.63) is 60.4 Å². The third-order valence-corrected chi connectivity index (χ3v) is 5.41.